The van der Waals surface area contributed by atoms with Crippen LogP contribution in [-0.2, 0) is 12.0 Å². The molecular weight excluding hydrogens is 302 g/mol. The molecule has 2 heterocycles. The van der Waals surface area contributed by atoms with E-state index in [4.69, 9.17) is 0 Å². The maximum Gasteiger partial charge on any atom is 0.317 e. The molecule has 1 aliphatic rings. The zero-order valence-electron chi connectivity index (χ0n) is 14.4. The number of hydrogen-bond acceptors (Lipinski definition) is 3. The van der Waals surface area contributed by atoms with Crippen molar-refractivity contribution in [2.24, 2.45) is 0 Å². The number of nitrogens with zero attached hydrogens (tertiary/aromatic N) is 4. The highest BCUT2D eigenvalue weighted by molar-refractivity contribution is 5.74. The van der Waals surface area contributed by atoms with E-state index in [0.717, 1.165) is 25.9 Å². The first-order chi connectivity index (χ1) is 11.6. The Kier molecular flexibility index (Phi) is 4.83. The Bertz CT molecular complexity index is 657. The third-order valence-electron chi connectivity index (χ3n) is 4.75. The van der Waals surface area contributed by atoms with Gasteiger partial charge >= 0.3 is 6.03 Å². The number of carbonyl (C=O) groups is 1. The summed E-state index contributed by atoms with van der Waals surface area (Å²) in [7, 11) is 0. The number of piperidine rings is 1. The van der Waals surface area contributed by atoms with Gasteiger partial charge in [0.05, 0.1) is 6.54 Å². The molecule has 24 heavy (non-hydrogen) atoms. The summed E-state index contributed by atoms with van der Waals surface area (Å²) in [6, 6.07) is 10.5. The molecule has 3 rings (SSSR count). The molecule has 0 aliphatic carbocycles. The third kappa shape index (κ3) is 3.75. The van der Waals surface area contributed by atoms with Crippen molar-refractivity contribution in [2.45, 2.75) is 44.7 Å². The summed E-state index contributed by atoms with van der Waals surface area (Å²) in [5.74, 6) is 0. The average Bonchev–Trinajstić information content (AvgIpc) is 3.08. The molecule has 2 amide bonds. The van der Waals surface area contributed by atoms with E-state index >= 15 is 0 Å². The van der Waals surface area contributed by atoms with Crippen LogP contribution in [0.15, 0.2) is 43.0 Å². The molecule has 0 bridgehead atoms. The summed E-state index contributed by atoms with van der Waals surface area (Å²) < 4.78 is 1.73. The Balaban J connectivity index is 1.61. The molecule has 0 radical (unpaired) electrons. The fourth-order valence-electron chi connectivity index (χ4n) is 3.44. The van der Waals surface area contributed by atoms with Gasteiger partial charge < -0.3 is 10.2 Å². The fraction of sp³-hybridized carbons (Fsp3) is 0.500. The van der Waals surface area contributed by atoms with E-state index in [1.54, 1.807) is 11.0 Å². The Labute approximate surface area is 142 Å². The molecule has 0 saturated carbocycles. The number of likely N-dealkylation sites (tertiary alicyclic amines) is 1. The molecular formula is C18H25N5O. The molecule has 1 aromatic heterocycles. The standard InChI is InChI=1S/C18H25N5O/c1-15(11-23-14-19-13-20-23)21-17(24)22-10-6-9-18(2,12-22)16-7-4-3-5-8-16/h3-5,7-8,13-15H,6,9-12H2,1-2H3,(H,21,24)/t15-,18-/m0/s1. The van der Waals surface area contributed by atoms with Crippen LogP contribution in [0.4, 0.5) is 4.79 Å². The molecule has 0 unspecified atom stereocenters. The Morgan fingerprint density at radius 3 is 2.88 bits per heavy atom. The van der Waals surface area contributed by atoms with Crippen molar-refractivity contribution in [3.8, 4) is 0 Å². The average molecular weight is 327 g/mol. The lowest BCUT2D eigenvalue weighted by Crippen LogP contribution is -2.52. The van der Waals surface area contributed by atoms with Crippen LogP contribution in [0.25, 0.3) is 0 Å². The van der Waals surface area contributed by atoms with Crippen molar-refractivity contribution in [1.29, 1.82) is 0 Å². The van der Waals surface area contributed by atoms with Gasteiger partial charge in [0, 0.05) is 24.5 Å². The van der Waals surface area contributed by atoms with Crippen LogP contribution in [0.2, 0.25) is 0 Å². The number of rotatable bonds is 4. The van der Waals surface area contributed by atoms with Crippen LogP contribution in [0, 0.1) is 0 Å². The SMILES string of the molecule is C[C@@H](Cn1cncn1)NC(=O)N1CCC[C@](C)(c2ccccc2)C1. The van der Waals surface area contributed by atoms with Gasteiger partial charge in [-0.25, -0.2) is 9.78 Å². The predicted octanol–water partition coefficient (Wildman–Crippen LogP) is 2.43. The van der Waals surface area contributed by atoms with E-state index in [9.17, 15) is 4.79 Å². The first-order valence-electron chi connectivity index (χ1n) is 8.50. The summed E-state index contributed by atoms with van der Waals surface area (Å²) >= 11 is 0. The van der Waals surface area contributed by atoms with E-state index in [2.05, 4.69) is 46.6 Å². The van der Waals surface area contributed by atoms with Gasteiger partial charge in [-0.3, -0.25) is 4.68 Å². The highest BCUT2D eigenvalue weighted by Crippen LogP contribution is 2.33. The number of amides is 2. The molecule has 6 nitrogen and oxygen atoms in total. The van der Waals surface area contributed by atoms with E-state index in [0.29, 0.717) is 6.54 Å². The second-order valence-corrected chi connectivity index (χ2v) is 6.92. The fourth-order valence-corrected chi connectivity index (χ4v) is 3.44. The van der Waals surface area contributed by atoms with Crippen LogP contribution in [0.1, 0.15) is 32.3 Å². The number of carbonyl (C=O) groups excluding carboxylic acids is 1. The Hall–Kier alpha value is -2.37. The van der Waals surface area contributed by atoms with Gasteiger partial charge in [-0.05, 0) is 25.3 Å². The highest BCUT2D eigenvalue weighted by atomic mass is 16.2. The van der Waals surface area contributed by atoms with Crippen molar-refractivity contribution < 1.29 is 4.79 Å². The van der Waals surface area contributed by atoms with Crippen molar-refractivity contribution in [1.82, 2.24) is 25.0 Å². The molecule has 2 aromatic rings. The van der Waals surface area contributed by atoms with E-state index < -0.39 is 0 Å². The number of aromatic nitrogens is 3. The van der Waals surface area contributed by atoms with Crippen molar-refractivity contribution in [3.63, 3.8) is 0 Å². The zero-order chi connectivity index (χ0) is 17.0. The third-order valence-corrected chi connectivity index (χ3v) is 4.75. The highest BCUT2D eigenvalue weighted by Gasteiger charge is 2.34. The molecule has 128 valence electrons. The minimum absolute atomic E-state index is 0.00380. The number of hydrogen-bond donors (Lipinski definition) is 1. The van der Waals surface area contributed by atoms with Gasteiger partial charge in [0.1, 0.15) is 12.7 Å². The second-order valence-electron chi connectivity index (χ2n) is 6.92. The maximum absolute atomic E-state index is 12.6. The lowest BCUT2D eigenvalue weighted by atomic mass is 9.76. The molecule has 1 saturated heterocycles. The predicted molar refractivity (Wildman–Crippen MR) is 92.6 cm³/mol. The summed E-state index contributed by atoms with van der Waals surface area (Å²) in [4.78, 5) is 18.5. The molecule has 1 aromatic carbocycles. The lowest BCUT2D eigenvalue weighted by Gasteiger charge is -2.41. The van der Waals surface area contributed by atoms with Gasteiger partial charge in [-0.1, -0.05) is 37.3 Å². The lowest BCUT2D eigenvalue weighted by molar-refractivity contribution is 0.152. The summed E-state index contributed by atoms with van der Waals surface area (Å²) in [5, 5.41) is 7.15. The minimum Gasteiger partial charge on any atom is -0.334 e. The number of urea groups is 1. The molecule has 6 heteroatoms. The summed E-state index contributed by atoms with van der Waals surface area (Å²) in [6.45, 7) is 6.42. The molecule has 2 atom stereocenters. The van der Waals surface area contributed by atoms with Gasteiger partial charge in [0.25, 0.3) is 0 Å². The second kappa shape index (κ2) is 7.03. The van der Waals surface area contributed by atoms with Crippen LogP contribution in [0.3, 0.4) is 0 Å². The van der Waals surface area contributed by atoms with E-state index in [-0.39, 0.29) is 17.5 Å². The van der Waals surface area contributed by atoms with Crippen LogP contribution in [0.5, 0.6) is 0 Å². The van der Waals surface area contributed by atoms with E-state index in [1.807, 2.05) is 17.9 Å². The monoisotopic (exact) mass is 327 g/mol. The summed E-state index contributed by atoms with van der Waals surface area (Å²) in [6.07, 6.45) is 5.30. The topological polar surface area (TPSA) is 63.1 Å². The Morgan fingerprint density at radius 2 is 2.17 bits per heavy atom. The van der Waals surface area contributed by atoms with Gasteiger partial charge in [0.15, 0.2) is 0 Å². The normalized spacial score (nSPS) is 22.2. The molecule has 1 N–H and O–H groups in total. The smallest absolute Gasteiger partial charge is 0.317 e. The number of benzene rings is 1. The minimum atomic E-state index is 0.00380. The van der Waals surface area contributed by atoms with Gasteiger partial charge in [-0.2, -0.15) is 5.10 Å². The van der Waals surface area contributed by atoms with E-state index in [1.165, 1.54) is 11.9 Å². The first-order valence-corrected chi connectivity index (χ1v) is 8.50. The van der Waals surface area contributed by atoms with Gasteiger partial charge in [0.2, 0.25) is 0 Å². The van der Waals surface area contributed by atoms with Crippen molar-refractivity contribution >= 4 is 6.03 Å². The van der Waals surface area contributed by atoms with Crippen molar-refractivity contribution in [3.05, 3.63) is 48.5 Å². The first kappa shape index (κ1) is 16.5. The number of nitrogens with one attached hydrogen (secondary N) is 1. The van der Waals surface area contributed by atoms with Crippen LogP contribution < -0.4 is 5.32 Å². The quantitative estimate of drug-likeness (QED) is 0.938. The molecule has 1 fully saturated rings. The van der Waals surface area contributed by atoms with Crippen LogP contribution in [-0.4, -0.2) is 44.8 Å². The largest absolute Gasteiger partial charge is 0.334 e. The summed E-state index contributed by atoms with van der Waals surface area (Å²) in [5.41, 5.74) is 1.32. The molecule has 0 spiro atoms. The zero-order valence-corrected chi connectivity index (χ0v) is 14.4. The van der Waals surface area contributed by atoms with Crippen LogP contribution >= 0.6 is 0 Å². The molecule has 1 aliphatic heterocycles. The Morgan fingerprint density at radius 1 is 1.38 bits per heavy atom. The van der Waals surface area contributed by atoms with Crippen molar-refractivity contribution in [2.75, 3.05) is 13.1 Å². The van der Waals surface area contributed by atoms with Gasteiger partial charge in [-0.15, -0.1) is 0 Å². The maximum atomic E-state index is 12.6.